The van der Waals surface area contributed by atoms with E-state index in [1.807, 2.05) is 30.4 Å². The number of hydrogen-bond donors (Lipinski definition) is 2. The second-order valence-corrected chi connectivity index (χ2v) is 14.5. The average Bonchev–Trinajstić information content (AvgIpc) is 3.06. The van der Waals surface area contributed by atoms with Gasteiger partial charge in [-0.25, -0.2) is 13.6 Å². The van der Waals surface area contributed by atoms with Crippen molar-refractivity contribution in [3.63, 3.8) is 0 Å². The lowest BCUT2D eigenvalue weighted by Gasteiger charge is -2.44. The summed E-state index contributed by atoms with van der Waals surface area (Å²) >= 11 is 6.34. The number of halogens is 3. The number of aliphatic hydroxyl groups is 1. The van der Waals surface area contributed by atoms with E-state index in [2.05, 4.69) is 4.90 Å². The summed E-state index contributed by atoms with van der Waals surface area (Å²) in [5, 5.41) is 22.6. The fourth-order valence-electron chi connectivity index (χ4n) is 7.42. The number of carboxylic acid groups (broad SMARTS) is 1. The summed E-state index contributed by atoms with van der Waals surface area (Å²) in [5.74, 6) is -3.62. The van der Waals surface area contributed by atoms with Gasteiger partial charge < -0.3 is 29.5 Å². The molecule has 2 bridgehead atoms. The van der Waals surface area contributed by atoms with Gasteiger partial charge in [0.2, 0.25) is 5.91 Å². The van der Waals surface area contributed by atoms with Gasteiger partial charge in [0.15, 0.2) is 5.60 Å². The van der Waals surface area contributed by atoms with Crippen molar-refractivity contribution < 1.29 is 38.1 Å². The van der Waals surface area contributed by atoms with Crippen LogP contribution in [0.25, 0.3) is 0 Å². The van der Waals surface area contributed by atoms with Crippen molar-refractivity contribution in [2.24, 2.45) is 11.8 Å². The van der Waals surface area contributed by atoms with Gasteiger partial charge in [0.25, 0.3) is 5.92 Å². The predicted octanol–water partition coefficient (Wildman–Crippen LogP) is 5.50. The topological polar surface area (TPSA) is 103 Å². The van der Waals surface area contributed by atoms with Gasteiger partial charge in [-0.2, -0.15) is 0 Å². The normalized spacial score (nSPS) is 28.5. The molecule has 266 valence electrons. The van der Waals surface area contributed by atoms with Crippen molar-refractivity contribution in [1.29, 1.82) is 0 Å². The molecule has 49 heavy (non-hydrogen) atoms. The molecule has 4 atom stereocenters. The molecule has 1 amide bonds. The predicted molar refractivity (Wildman–Crippen MR) is 182 cm³/mol. The van der Waals surface area contributed by atoms with E-state index < -0.39 is 29.8 Å². The lowest BCUT2D eigenvalue weighted by Crippen LogP contribution is -2.57. The minimum atomic E-state index is -2.62. The molecule has 2 N–H and O–H groups in total. The van der Waals surface area contributed by atoms with Crippen molar-refractivity contribution in [2.45, 2.75) is 69.2 Å². The van der Waals surface area contributed by atoms with Crippen LogP contribution < -0.4 is 9.64 Å². The van der Waals surface area contributed by atoms with E-state index in [1.54, 1.807) is 24.1 Å². The van der Waals surface area contributed by atoms with E-state index in [1.165, 1.54) is 11.0 Å². The molecule has 1 aliphatic carbocycles. The summed E-state index contributed by atoms with van der Waals surface area (Å²) < 4.78 is 39.6. The minimum Gasteiger partial charge on any atom is -0.487 e. The van der Waals surface area contributed by atoms with Crippen molar-refractivity contribution >= 4 is 29.2 Å². The maximum absolute atomic E-state index is 13.4. The first-order valence-corrected chi connectivity index (χ1v) is 17.7. The molecule has 4 aliphatic rings. The lowest BCUT2D eigenvalue weighted by molar-refractivity contribution is -0.164. The molecule has 3 aliphatic heterocycles. The molecule has 2 aromatic carbocycles. The lowest BCUT2D eigenvalue weighted by atomic mass is 9.70. The standard InChI is InChI=1S/C37H46ClF2N3O6/c1-41-14-4-3-7-32(48-17-16-42-23-36(39,40)24-42)30-12-9-26(30)21-43-15-5-2-6-25-18-29(38)11-8-27(25)22-49-33-13-10-28(19-31(33)43)37(47,35(45)46)20-34(41)44/h3,7-8,10-11,13,18-19,26,30,32,47H,2,4-6,9,12,14-17,20-24H2,1H3,(H,45,46)/b7-3+/t26-,30+,32-,37+/m0/s1. The number of carbonyl (C=O) groups is 2. The summed E-state index contributed by atoms with van der Waals surface area (Å²) in [4.78, 5) is 31.3. The summed E-state index contributed by atoms with van der Waals surface area (Å²) in [6.07, 6.45) is 8.19. The number of nitrogens with zero attached hydrogens (tertiary/aromatic N) is 3. The molecular formula is C37H46ClF2N3O6. The molecule has 6 rings (SSSR count). The zero-order valence-corrected chi connectivity index (χ0v) is 28.7. The molecule has 1 saturated carbocycles. The highest BCUT2D eigenvalue weighted by Gasteiger charge is 2.44. The first-order chi connectivity index (χ1) is 23.4. The van der Waals surface area contributed by atoms with Gasteiger partial charge in [-0.3, -0.25) is 9.69 Å². The summed E-state index contributed by atoms with van der Waals surface area (Å²) in [6.45, 7) is 2.23. The molecule has 1 saturated heterocycles. The first-order valence-electron chi connectivity index (χ1n) is 17.3. The minimum absolute atomic E-state index is 0.117. The highest BCUT2D eigenvalue weighted by molar-refractivity contribution is 6.30. The van der Waals surface area contributed by atoms with Crippen LogP contribution in [0.1, 0.15) is 55.2 Å². The SMILES string of the molecule is CN1CC/C=C/[C@H](OCCN2CC(F)(F)C2)[C@@H]2CC[C@H]2CN2CCCCc3cc(Cl)ccc3COc3ccc(cc32)[C@@](O)(C(=O)O)CC1=O. The number of aryl methyl sites for hydroxylation is 1. The van der Waals surface area contributed by atoms with Crippen LogP contribution in [0.15, 0.2) is 48.6 Å². The third-order valence-electron chi connectivity index (χ3n) is 10.6. The van der Waals surface area contributed by atoms with Gasteiger partial charge in [-0.05, 0) is 91.3 Å². The van der Waals surface area contributed by atoms with E-state index >= 15 is 0 Å². The molecule has 0 spiro atoms. The molecule has 0 unspecified atom stereocenters. The molecule has 2 fully saturated rings. The Kier molecular flexibility index (Phi) is 10.8. The van der Waals surface area contributed by atoms with Crippen LogP contribution in [0.4, 0.5) is 14.5 Å². The van der Waals surface area contributed by atoms with Crippen LogP contribution in [0.3, 0.4) is 0 Å². The second-order valence-electron chi connectivity index (χ2n) is 14.1. The third kappa shape index (κ3) is 8.22. The summed E-state index contributed by atoms with van der Waals surface area (Å²) in [7, 11) is 1.59. The van der Waals surface area contributed by atoms with Gasteiger partial charge in [-0.15, -0.1) is 0 Å². The molecular weight excluding hydrogens is 656 g/mol. The van der Waals surface area contributed by atoms with Gasteiger partial charge in [0.1, 0.15) is 12.4 Å². The quantitative estimate of drug-likeness (QED) is 0.394. The zero-order chi connectivity index (χ0) is 34.8. The maximum Gasteiger partial charge on any atom is 0.340 e. The Morgan fingerprint density at radius 3 is 2.65 bits per heavy atom. The number of carbonyl (C=O) groups excluding carboxylic acids is 1. The Balaban J connectivity index is 1.33. The Morgan fingerprint density at radius 1 is 1.10 bits per heavy atom. The van der Waals surface area contributed by atoms with Crippen LogP contribution in [-0.2, 0) is 33.0 Å². The van der Waals surface area contributed by atoms with Crippen LogP contribution in [-0.4, -0.2) is 96.8 Å². The number of fused-ring (bicyclic) bond motifs is 3. The Hall–Kier alpha value is -3.25. The number of carboxylic acids is 1. The Labute approximate surface area is 291 Å². The molecule has 12 heteroatoms. The third-order valence-corrected chi connectivity index (χ3v) is 10.8. The average molecular weight is 702 g/mol. The number of ether oxygens (including phenoxy) is 2. The number of likely N-dealkylation sites (tertiary alicyclic amines) is 1. The molecule has 9 nitrogen and oxygen atoms in total. The molecule has 3 heterocycles. The first kappa shape index (κ1) is 35.6. The monoisotopic (exact) mass is 701 g/mol. The Morgan fingerprint density at radius 2 is 1.92 bits per heavy atom. The van der Waals surface area contributed by atoms with E-state index in [-0.39, 0.29) is 43.2 Å². The van der Waals surface area contributed by atoms with Gasteiger partial charge in [0.05, 0.1) is 37.9 Å². The number of alkyl halides is 2. The number of benzene rings is 2. The van der Waals surface area contributed by atoms with Crippen molar-refractivity contribution in [3.8, 4) is 5.75 Å². The molecule has 2 aromatic rings. The molecule has 0 aromatic heterocycles. The maximum atomic E-state index is 13.4. The van der Waals surface area contributed by atoms with Gasteiger partial charge in [0, 0.05) is 38.2 Å². The van der Waals surface area contributed by atoms with E-state index in [9.17, 15) is 28.6 Å². The van der Waals surface area contributed by atoms with E-state index in [4.69, 9.17) is 21.1 Å². The fourth-order valence-corrected chi connectivity index (χ4v) is 7.61. The fraction of sp³-hybridized carbons (Fsp3) is 0.568. The van der Waals surface area contributed by atoms with Crippen molar-refractivity contribution in [2.75, 3.05) is 57.8 Å². The second kappa shape index (κ2) is 14.9. The van der Waals surface area contributed by atoms with Crippen LogP contribution >= 0.6 is 11.6 Å². The number of rotatable bonds is 5. The summed E-state index contributed by atoms with van der Waals surface area (Å²) in [6, 6.07) is 10.7. The van der Waals surface area contributed by atoms with E-state index in [0.29, 0.717) is 55.7 Å². The van der Waals surface area contributed by atoms with Crippen molar-refractivity contribution in [3.05, 3.63) is 70.3 Å². The zero-order valence-electron chi connectivity index (χ0n) is 28.0. The van der Waals surface area contributed by atoms with Gasteiger partial charge in [-0.1, -0.05) is 35.9 Å². The highest BCUT2D eigenvalue weighted by Crippen LogP contribution is 2.43. The van der Waals surface area contributed by atoms with Crippen LogP contribution in [0, 0.1) is 11.8 Å². The summed E-state index contributed by atoms with van der Waals surface area (Å²) in [5.41, 5.74) is 0.490. The Bertz CT molecular complexity index is 1550. The number of amides is 1. The molecule has 0 radical (unpaired) electrons. The van der Waals surface area contributed by atoms with Crippen LogP contribution in [0.2, 0.25) is 5.02 Å². The largest absolute Gasteiger partial charge is 0.487 e. The van der Waals surface area contributed by atoms with Gasteiger partial charge >= 0.3 is 5.97 Å². The number of anilines is 1. The van der Waals surface area contributed by atoms with E-state index in [0.717, 1.165) is 43.2 Å². The number of aliphatic carboxylic acids is 1. The number of hydrogen-bond acceptors (Lipinski definition) is 7. The highest BCUT2D eigenvalue weighted by atomic mass is 35.5. The van der Waals surface area contributed by atoms with Crippen molar-refractivity contribution in [1.82, 2.24) is 9.80 Å². The van der Waals surface area contributed by atoms with Crippen LogP contribution in [0.5, 0.6) is 5.75 Å². The smallest absolute Gasteiger partial charge is 0.340 e.